The number of rotatable bonds is 3. The molecule has 0 aromatic carbocycles. The lowest BCUT2D eigenvalue weighted by atomic mass is 10.1. The molecule has 102 valence electrons. The lowest BCUT2D eigenvalue weighted by Gasteiger charge is -2.04. The summed E-state index contributed by atoms with van der Waals surface area (Å²) in [6.07, 6.45) is 4.19. The molecular formula is C14H8N4O2S. The Morgan fingerprint density at radius 3 is 2.90 bits per heavy atom. The van der Waals surface area contributed by atoms with Gasteiger partial charge in [0.25, 0.3) is 0 Å². The zero-order chi connectivity index (χ0) is 14.8. The van der Waals surface area contributed by atoms with E-state index in [1.807, 2.05) is 16.8 Å². The number of aromatic carboxylic acids is 1. The van der Waals surface area contributed by atoms with Gasteiger partial charge in [0.15, 0.2) is 5.82 Å². The summed E-state index contributed by atoms with van der Waals surface area (Å²) in [5.41, 5.74) is 2.21. The average Bonchev–Trinajstić information content (AvgIpc) is 3.18. The van der Waals surface area contributed by atoms with Gasteiger partial charge in [-0.2, -0.15) is 21.7 Å². The van der Waals surface area contributed by atoms with Gasteiger partial charge in [0, 0.05) is 24.0 Å². The van der Waals surface area contributed by atoms with E-state index < -0.39 is 5.97 Å². The Bertz CT molecular complexity index is 846. The monoisotopic (exact) mass is 296 g/mol. The molecule has 0 aliphatic rings. The van der Waals surface area contributed by atoms with E-state index in [0.29, 0.717) is 11.4 Å². The van der Waals surface area contributed by atoms with E-state index in [9.17, 15) is 10.1 Å². The summed E-state index contributed by atoms with van der Waals surface area (Å²) < 4.78 is 1.34. The minimum absolute atomic E-state index is 0.0669. The van der Waals surface area contributed by atoms with Gasteiger partial charge in [-0.15, -0.1) is 0 Å². The Balaban J connectivity index is 2.05. The summed E-state index contributed by atoms with van der Waals surface area (Å²) in [6.45, 7) is 0. The van der Waals surface area contributed by atoms with Crippen molar-refractivity contribution in [1.29, 1.82) is 5.26 Å². The van der Waals surface area contributed by atoms with Crippen molar-refractivity contribution < 1.29 is 9.90 Å². The average molecular weight is 296 g/mol. The molecule has 0 bridgehead atoms. The first kappa shape index (κ1) is 13.0. The smallest absolute Gasteiger partial charge is 0.338 e. The summed E-state index contributed by atoms with van der Waals surface area (Å²) in [5, 5.41) is 26.0. The molecule has 3 heterocycles. The van der Waals surface area contributed by atoms with E-state index in [1.165, 1.54) is 17.1 Å². The lowest BCUT2D eigenvalue weighted by Crippen LogP contribution is -2.00. The summed E-state index contributed by atoms with van der Waals surface area (Å²) in [7, 11) is 0. The van der Waals surface area contributed by atoms with Gasteiger partial charge < -0.3 is 5.11 Å². The summed E-state index contributed by atoms with van der Waals surface area (Å²) >= 11 is 1.54. The number of pyridine rings is 1. The molecule has 0 aliphatic heterocycles. The van der Waals surface area contributed by atoms with Crippen LogP contribution in [0, 0.1) is 11.3 Å². The zero-order valence-corrected chi connectivity index (χ0v) is 11.4. The second-order valence-electron chi connectivity index (χ2n) is 4.19. The highest BCUT2D eigenvalue weighted by molar-refractivity contribution is 7.08. The molecule has 0 unspecified atom stereocenters. The predicted molar refractivity (Wildman–Crippen MR) is 76.3 cm³/mol. The third-order valence-corrected chi connectivity index (χ3v) is 3.59. The number of carboxylic acids is 1. The Morgan fingerprint density at radius 2 is 2.29 bits per heavy atom. The topological polar surface area (TPSA) is 91.8 Å². The first-order valence-electron chi connectivity index (χ1n) is 5.90. The first-order chi connectivity index (χ1) is 10.2. The van der Waals surface area contributed by atoms with Crippen LogP contribution in [0.2, 0.25) is 0 Å². The van der Waals surface area contributed by atoms with Crippen molar-refractivity contribution in [2.24, 2.45) is 0 Å². The second-order valence-corrected chi connectivity index (χ2v) is 4.97. The zero-order valence-electron chi connectivity index (χ0n) is 10.6. The molecule has 1 N–H and O–H groups in total. The van der Waals surface area contributed by atoms with E-state index >= 15 is 0 Å². The van der Waals surface area contributed by atoms with Gasteiger partial charge in [-0.1, -0.05) is 0 Å². The van der Waals surface area contributed by atoms with Crippen molar-refractivity contribution in [1.82, 2.24) is 14.8 Å². The van der Waals surface area contributed by atoms with Crippen molar-refractivity contribution in [3.05, 3.63) is 52.6 Å². The molecule has 3 aromatic rings. The van der Waals surface area contributed by atoms with Gasteiger partial charge in [-0.25, -0.2) is 14.5 Å². The van der Waals surface area contributed by atoms with Gasteiger partial charge in [0.1, 0.15) is 0 Å². The number of carbonyl (C=O) groups is 1. The van der Waals surface area contributed by atoms with Gasteiger partial charge in [0.05, 0.1) is 23.4 Å². The van der Waals surface area contributed by atoms with Crippen LogP contribution in [0.4, 0.5) is 0 Å². The van der Waals surface area contributed by atoms with Crippen LogP contribution in [0.1, 0.15) is 15.9 Å². The summed E-state index contributed by atoms with van der Waals surface area (Å²) in [5.74, 6) is -0.658. The number of nitriles is 1. The van der Waals surface area contributed by atoms with Gasteiger partial charge in [0.2, 0.25) is 0 Å². The highest BCUT2D eigenvalue weighted by atomic mass is 32.1. The minimum atomic E-state index is -1.06. The molecule has 0 spiro atoms. The van der Waals surface area contributed by atoms with E-state index in [0.717, 1.165) is 11.1 Å². The standard InChI is InChI=1S/C14H8N4O2S/c15-4-10-3-13(18-7-11(5-17-18)14(19)20)16-6-12(10)9-1-2-21-8-9/h1-3,5-8H,(H,19,20). The van der Waals surface area contributed by atoms with Crippen molar-refractivity contribution in [3.8, 4) is 23.0 Å². The molecule has 0 radical (unpaired) electrons. The number of carboxylic acid groups (broad SMARTS) is 1. The molecule has 3 aromatic heterocycles. The predicted octanol–water partition coefficient (Wildman–Crippen LogP) is 2.57. The normalized spacial score (nSPS) is 10.2. The van der Waals surface area contributed by atoms with Gasteiger partial charge in [-0.3, -0.25) is 0 Å². The van der Waals surface area contributed by atoms with Crippen molar-refractivity contribution in [2.45, 2.75) is 0 Å². The highest BCUT2D eigenvalue weighted by Crippen LogP contribution is 2.26. The first-order valence-corrected chi connectivity index (χ1v) is 6.84. The van der Waals surface area contributed by atoms with E-state index in [1.54, 1.807) is 23.6 Å². The van der Waals surface area contributed by atoms with Crippen LogP contribution in [-0.4, -0.2) is 25.8 Å². The summed E-state index contributed by atoms with van der Waals surface area (Å²) in [6, 6.07) is 5.64. The van der Waals surface area contributed by atoms with Crippen LogP contribution in [0.5, 0.6) is 0 Å². The fourth-order valence-electron chi connectivity index (χ4n) is 1.87. The van der Waals surface area contributed by atoms with Gasteiger partial charge >= 0.3 is 5.97 Å². The number of nitrogens with zero attached hydrogens (tertiary/aromatic N) is 4. The number of thiophene rings is 1. The molecule has 21 heavy (non-hydrogen) atoms. The Kier molecular flexibility index (Phi) is 3.22. The maximum Gasteiger partial charge on any atom is 0.338 e. The lowest BCUT2D eigenvalue weighted by molar-refractivity contribution is 0.0697. The van der Waals surface area contributed by atoms with Crippen LogP contribution in [0.25, 0.3) is 16.9 Å². The number of aromatic nitrogens is 3. The minimum Gasteiger partial charge on any atom is -0.478 e. The molecule has 6 nitrogen and oxygen atoms in total. The molecule has 7 heteroatoms. The third-order valence-electron chi connectivity index (χ3n) is 2.91. The van der Waals surface area contributed by atoms with Crippen molar-refractivity contribution in [2.75, 3.05) is 0 Å². The van der Waals surface area contributed by atoms with E-state index in [-0.39, 0.29) is 5.56 Å². The Morgan fingerprint density at radius 1 is 1.43 bits per heavy atom. The fraction of sp³-hybridized carbons (Fsp3) is 0. The molecule has 0 saturated carbocycles. The highest BCUT2D eigenvalue weighted by Gasteiger charge is 2.11. The molecule has 0 atom stereocenters. The number of hydrogen-bond donors (Lipinski definition) is 1. The Hall–Kier alpha value is -2.98. The van der Waals surface area contributed by atoms with E-state index in [2.05, 4.69) is 16.2 Å². The number of hydrogen-bond acceptors (Lipinski definition) is 5. The van der Waals surface area contributed by atoms with Crippen LogP contribution in [0.15, 0.2) is 41.5 Å². The molecule has 0 amide bonds. The largest absolute Gasteiger partial charge is 0.478 e. The van der Waals surface area contributed by atoms with Crippen LogP contribution < -0.4 is 0 Å². The molecular weight excluding hydrogens is 288 g/mol. The van der Waals surface area contributed by atoms with E-state index in [4.69, 9.17) is 5.11 Å². The SMILES string of the molecule is N#Cc1cc(-n2cc(C(=O)O)cn2)ncc1-c1ccsc1. The fourth-order valence-corrected chi connectivity index (χ4v) is 2.52. The molecule has 0 aliphatic carbocycles. The van der Waals surface area contributed by atoms with Crippen LogP contribution in [0.3, 0.4) is 0 Å². The van der Waals surface area contributed by atoms with Crippen molar-refractivity contribution in [3.63, 3.8) is 0 Å². The molecule has 0 fully saturated rings. The molecule has 3 rings (SSSR count). The maximum absolute atomic E-state index is 10.9. The van der Waals surface area contributed by atoms with Crippen LogP contribution in [-0.2, 0) is 0 Å². The maximum atomic E-state index is 10.9. The van der Waals surface area contributed by atoms with Gasteiger partial charge in [-0.05, 0) is 22.4 Å². The quantitative estimate of drug-likeness (QED) is 0.802. The van der Waals surface area contributed by atoms with Crippen LogP contribution >= 0.6 is 11.3 Å². The summed E-state index contributed by atoms with van der Waals surface area (Å²) in [4.78, 5) is 15.1. The van der Waals surface area contributed by atoms with Crippen molar-refractivity contribution >= 4 is 17.3 Å². The second kappa shape index (κ2) is 5.19. The molecule has 0 saturated heterocycles. The Labute approximate surface area is 123 Å². The third kappa shape index (κ3) is 2.40.